The van der Waals surface area contributed by atoms with Crippen molar-refractivity contribution in [1.82, 2.24) is 9.88 Å². The molecule has 1 aliphatic rings. The summed E-state index contributed by atoms with van der Waals surface area (Å²) in [4.78, 5) is 18.0. The first-order valence-electron chi connectivity index (χ1n) is 6.35. The zero-order valence-corrected chi connectivity index (χ0v) is 10.7. The van der Waals surface area contributed by atoms with Crippen molar-refractivity contribution in [1.29, 1.82) is 0 Å². The molecule has 18 heavy (non-hydrogen) atoms. The third-order valence-corrected chi connectivity index (χ3v) is 3.09. The average Bonchev–Trinajstić information content (AvgIpc) is 2.68. The molecule has 1 aromatic heterocycles. The molecule has 2 rings (SSSR count). The monoisotopic (exact) mass is 249 g/mol. The minimum atomic E-state index is -0.0381. The van der Waals surface area contributed by atoms with E-state index in [0.29, 0.717) is 11.6 Å². The number of urea groups is 1. The number of anilines is 1. The number of pyridine rings is 1. The standard InChI is InChI=1S/C13H19N3O2/c1-18-12-7-6-11(10-14-12)15-13(17)16-8-4-2-3-5-9-16/h6-7,10H,2-5,8-9H2,1H3,(H,15,17). The van der Waals surface area contributed by atoms with Crippen LogP contribution >= 0.6 is 0 Å². The summed E-state index contributed by atoms with van der Waals surface area (Å²) in [6.45, 7) is 1.69. The zero-order chi connectivity index (χ0) is 12.8. The summed E-state index contributed by atoms with van der Waals surface area (Å²) in [6, 6.07) is 3.49. The van der Waals surface area contributed by atoms with E-state index in [9.17, 15) is 4.79 Å². The fourth-order valence-corrected chi connectivity index (χ4v) is 2.05. The lowest BCUT2D eigenvalue weighted by molar-refractivity contribution is 0.213. The lowest BCUT2D eigenvalue weighted by Gasteiger charge is -2.20. The maximum Gasteiger partial charge on any atom is 0.321 e. The molecular formula is C13H19N3O2. The number of methoxy groups -OCH3 is 1. The van der Waals surface area contributed by atoms with Crippen molar-refractivity contribution in [3.05, 3.63) is 18.3 Å². The Morgan fingerprint density at radius 2 is 2.00 bits per heavy atom. The van der Waals surface area contributed by atoms with Crippen molar-refractivity contribution >= 4 is 11.7 Å². The highest BCUT2D eigenvalue weighted by atomic mass is 16.5. The van der Waals surface area contributed by atoms with Crippen LogP contribution in [0.4, 0.5) is 10.5 Å². The normalized spacial score (nSPS) is 15.9. The van der Waals surface area contributed by atoms with Crippen molar-refractivity contribution in [3.8, 4) is 5.88 Å². The minimum absolute atomic E-state index is 0.0381. The Bertz CT molecular complexity index is 384. The molecular weight excluding hydrogens is 230 g/mol. The third kappa shape index (κ3) is 3.35. The van der Waals surface area contributed by atoms with Gasteiger partial charge in [0.05, 0.1) is 19.0 Å². The van der Waals surface area contributed by atoms with Gasteiger partial charge in [0.1, 0.15) is 0 Å². The van der Waals surface area contributed by atoms with E-state index < -0.39 is 0 Å². The molecule has 0 spiro atoms. The summed E-state index contributed by atoms with van der Waals surface area (Å²) in [5.74, 6) is 0.544. The summed E-state index contributed by atoms with van der Waals surface area (Å²) in [6.07, 6.45) is 6.22. The molecule has 0 saturated carbocycles. The first-order chi connectivity index (χ1) is 8.79. The van der Waals surface area contributed by atoms with Crippen LogP contribution in [0.15, 0.2) is 18.3 Å². The molecule has 98 valence electrons. The third-order valence-electron chi connectivity index (χ3n) is 3.09. The second-order valence-corrected chi connectivity index (χ2v) is 4.42. The molecule has 1 saturated heterocycles. The Morgan fingerprint density at radius 1 is 1.28 bits per heavy atom. The Kier molecular flexibility index (Phi) is 4.39. The van der Waals surface area contributed by atoms with Gasteiger partial charge in [-0.05, 0) is 18.9 Å². The van der Waals surface area contributed by atoms with E-state index in [4.69, 9.17) is 4.74 Å². The number of carbonyl (C=O) groups excluding carboxylic acids is 1. The highest BCUT2D eigenvalue weighted by molar-refractivity contribution is 5.89. The van der Waals surface area contributed by atoms with E-state index in [2.05, 4.69) is 10.3 Å². The summed E-state index contributed by atoms with van der Waals surface area (Å²) in [5, 5.41) is 2.86. The van der Waals surface area contributed by atoms with Crippen LogP contribution < -0.4 is 10.1 Å². The molecule has 2 heterocycles. The first kappa shape index (κ1) is 12.7. The van der Waals surface area contributed by atoms with E-state index in [1.165, 1.54) is 12.8 Å². The van der Waals surface area contributed by atoms with Crippen LogP contribution in [0.3, 0.4) is 0 Å². The van der Waals surface area contributed by atoms with E-state index in [1.54, 1.807) is 25.4 Å². The highest BCUT2D eigenvalue weighted by Crippen LogP contribution is 2.14. The summed E-state index contributed by atoms with van der Waals surface area (Å²) >= 11 is 0. The van der Waals surface area contributed by atoms with Crippen LogP contribution in [-0.4, -0.2) is 36.1 Å². The van der Waals surface area contributed by atoms with Gasteiger partial charge < -0.3 is 15.0 Å². The number of carbonyl (C=O) groups is 1. The molecule has 1 aliphatic heterocycles. The van der Waals surface area contributed by atoms with E-state index >= 15 is 0 Å². The van der Waals surface area contributed by atoms with Gasteiger partial charge in [0.15, 0.2) is 0 Å². The number of amides is 2. The molecule has 2 amide bonds. The predicted octanol–water partition coefficient (Wildman–Crippen LogP) is 2.50. The van der Waals surface area contributed by atoms with Crippen LogP contribution in [0.5, 0.6) is 5.88 Å². The number of hydrogen-bond acceptors (Lipinski definition) is 3. The zero-order valence-electron chi connectivity index (χ0n) is 10.7. The summed E-state index contributed by atoms with van der Waals surface area (Å²) in [7, 11) is 1.57. The van der Waals surface area contributed by atoms with Crippen LogP contribution in [0, 0.1) is 0 Å². The van der Waals surface area contributed by atoms with Crippen molar-refractivity contribution in [2.24, 2.45) is 0 Å². The maximum atomic E-state index is 12.0. The molecule has 1 fully saturated rings. The van der Waals surface area contributed by atoms with Crippen molar-refractivity contribution in [3.63, 3.8) is 0 Å². The molecule has 0 atom stereocenters. The van der Waals surface area contributed by atoms with E-state index in [1.807, 2.05) is 4.90 Å². The molecule has 5 nitrogen and oxygen atoms in total. The van der Waals surface area contributed by atoms with Gasteiger partial charge in [-0.1, -0.05) is 12.8 Å². The Balaban J connectivity index is 1.92. The van der Waals surface area contributed by atoms with Crippen molar-refractivity contribution in [2.75, 3.05) is 25.5 Å². The van der Waals surface area contributed by atoms with Gasteiger partial charge in [-0.25, -0.2) is 9.78 Å². The molecule has 0 aliphatic carbocycles. The number of aromatic nitrogens is 1. The fourth-order valence-electron chi connectivity index (χ4n) is 2.05. The first-order valence-corrected chi connectivity index (χ1v) is 6.35. The summed E-state index contributed by atoms with van der Waals surface area (Å²) in [5.41, 5.74) is 0.699. The number of rotatable bonds is 2. The van der Waals surface area contributed by atoms with Crippen molar-refractivity contribution in [2.45, 2.75) is 25.7 Å². The van der Waals surface area contributed by atoms with E-state index in [0.717, 1.165) is 25.9 Å². The van der Waals surface area contributed by atoms with Crippen LogP contribution in [-0.2, 0) is 0 Å². The van der Waals surface area contributed by atoms with Crippen LogP contribution in [0.2, 0.25) is 0 Å². The number of nitrogens with zero attached hydrogens (tertiary/aromatic N) is 2. The number of nitrogens with one attached hydrogen (secondary N) is 1. The molecule has 0 unspecified atom stereocenters. The van der Waals surface area contributed by atoms with Gasteiger partial charge in [0.2, 0.25) is 5.88 Å². The fraction of sp³-hybridized carbons (Fsp3) is 0.538. The Morgan fingerprint density at radius 3 is 2.56 bits per heavy atom. The van der Waals surface area contributed by atoms with Gasteiger partial charge in [0, 0.05) is 19.2 Å². The van der Waals surface area contributed by atoms with Gasteiger partial charge in [0.25, 0.3) is 0 Å². The maximum absolute atomic E-state index is 12.0. The number of hydrogen-bond donors (Lipinski definition) is 1. The van der Waals surface area contributed by atoms with Gasteiger partial charge in [-0.3, -0.25) is 0 Å². The van der Waals surface area contributed by atoms with Crippen molar-refractivity contribution < 1.29 is 9.53 Å². The number of ether oxygens (including phenoxy) is 1. The topological polar surface area (TPSA) is 54.5 Å². The second kappa shape index (κ2) is 6.23. The molecule has 5 heteroatoms. The summed E-state index contributed by atoms with van der Waals surface area (Å²) < 4.78 is 4.97. The highest BCUT2D eigenvalue weighted by Gasteiger charge is 2.15. The smallest absolute Gasteiger partial charge is 0.321 e. The van der Waals surface area contributed by atoms with Gasteiger partial charge in [-0.2, -0.15) is 0 Å². The lowest BCUT2D eigenvalue weighted by atomic mass is 10.2. The SMILES string of the molecule is COc1ccc(NC(=O)N2CCCCCC2)cn1. The number of likely N-dealkylation sites (tertiary alicyclic amines) is 1. The van der Waals surface area contributed by atoms with Gasteiger partial charge >= 0.3 is 6.03 Å². The largest absolute Gasteiger partial charge is 0.481 e. The molecule has 0 aromatic carbocycles. The molecule has 1 aromatic rings. The van der Waals surface area contributed by atoms with Gasteiger partial charge in [-0.15, -0.1) is 0 Å². The molecule has 0 radical (unpaired) electrons. The van der Waals surface area contributed by atoms with Crippen LogP contribution in [0.25, 0.3) is 0 Å². The van der Waals surface area contributed by atoms with E-state index in [-0.39, 0.29) is 6.03 Å². The predicted molar refractivity (Wildman–Crippen MR) is 69.8 cm³/mol. The minimum Gasteiger partial charge on any atom is -0.481 e. The molecule has 0 bridgehead atoms. The Labute approximate surface area is 107 Å². The Hall–Kier alpha value is -1.78. The lowest BCUT2D eigenvalue weighted by Crippen LogP contribution is -2.35. The quantitative estimate of drug-likeness (QED) is 0.876. The van der Waals surface area contributed by atoms with Crippen LogP contribution in [0.1, 0.15) is 25.7 Å². The average molecular weight is 249 g/mol. The molecule has 1 N–H and O–H groups in total. The second-order valence-electron chi connectivity index (χ2n) is 4.42.